The lowest BCUT2D eigenvalue weighted by Crippen LogP contribution is -2.24. The number of rotatable bonds is 7. The lowest BCUT2D eigenvalue weighted by molar-refractivity contribution is 0.317. The van der Waals surface area contributed by atoms with Gasteiger partial charge in [0.2, 0.25) is 0 Å². The molecule has 0 atom stereocenters. The van der Waals surface area contributed by atoms with E-state index in [4.69, 9.17) is 10.5 Å². The van der Waals surface area contributed by atoms with E-state index >= 15 is 0 Å². The zero-order valence-corrected chi connectivity index (χ0v) is 12.3. The summed E-state index contributed by atoms with van der Waals surface area (Å²) in [4.78, 5) is 6.90. The highest BCUT2D eigenvalue weighted by molar-refractivity contribution is 5.97. The molecule has 1 aliphatic rings. The summed E-state index contributed by atoms with van der Waals surface area (Å²) in [6.45, 7) is 7.05. The maximum atomic E-state index is 6.02. The van der Waals surface area contributed by atoms with Crippen LogP contribution in [0.25, 0.3) is 0 Å². The van der Waals surface area contributed by atoms with Crippen molar-refractivity contribution in [3.63, 3.8) is 0 Å². The predicted molar refractivity (Wildman–Crippen MR) is 83.5 cm³/mol. The number of nitrogens with zero attached hydrogens (tertiary/aromatic N) is 2. The Balaban J connectivity index is 1.82. The third kappa shape index (κ3) is 4.53. The lowest BCUT2D eigenvalue weighted by atomic mass is 10.2. The maximum absolute atomic E-state index is 6.02. The van der Waals surface area contributed by atoms with Crippen LogP contribution in [0.15, 0.2) is 29.3 Å². The van der Waals surface area contributed by atoms with Crippen LogP contribution in [0.1, 0.15) is 31.7 Å². The van der Waals surface area contributed by atoms with Crippen molar-refractivity contribution >= 4 is 5.84 Å². The van der Waals surface area contributed by atoms with E-state index in [2.05, 4.69) is 16.8 Å². The first-order chi connectivity index (χ1) is 9.79. The minimum Gasteiger partial charge on any atom is -0.494 e. The Kier molecular flexibility index (Phi) is 5.87. The summed E-state index contributed by atoms with van der Waals surface area (Å²) in [6, 6.07) is 7.85. The Morgan fingerprint density at radius 3 is 2.60 bits per heavy atom. The summed E-state index contributed by atoms with van der Waals surface area (Å²) >= 11 is 0. The molecule has 2 rings (SSSR count). The van der Waals surface area contributed by atoms with Gasteiger partial charge in [0.1, 0.15) is 11.6 Å². The molecule has 1 fully saturated rings. The molecule has 0 radical (unpaired) electrons. The molecule has 1 aromatic rings. The number of hydrogen-bond acceptors (Lipinski definition) is 3. The molecule has 0 aliphatic carbocycles. The minimum atomic E-state index is 0.617. The Morgan fingerprint density at radius 1 is 1.25 bits per heavy atom. The molecule has 0 saturated carbocycles. The van der Waals surface area contributed by atoms with Crippen molar-refractivity contribution in [3.8, 4) is 5.75 Å². The molecule has 20 heavy (non-hydrogen) atoms. The summed E-state index contributed by atoms with van der Waals surface area (Å²) < 4.78 is 5.55. The van der Waals surface area contributed by atoms with Crippen LogP contribution in [-0.4, -0.2) is 43.5 Å². The molecule has 110 valence electrons. The van der Waals surface area contributed by atoms with Crippen LogP contribution < -0.4 is 10.5 Å². The van der Waals surface area contributed by atoms with Crippen molar-refractivity contribution in [2.45, 2.75) is 26.2 Å². The fourth-order valence-corrected chi connectivity index (χ4v) is 2.35. The third-order valence-electron chi connectivity index (χ3n) is 3.52. The Morgan fingerprint density at radius 2 is 1.95 bits per heavy atom. The first kappa shape index (κ1) is 14.9. The molecule has 4 nitrogen and oxygen atoms in total. The van der Waals surface area contributed by atoms with E-state index in [0.717, 1.165) is 37.4 Å². The summed E-state index contributed by atoms with van der Waals surface area (Å²) in [5.74, 6) is 1.51. The van der Waals surface area contributed by atoms with Gasteiger partial charge in [-0.3, -0.25) is 4.99 Å². The van der Waals surface area contributed by atoms with Crippen LogP contribution in [0.2, 0.25) is 0 Å². The number of hydrogen-bond donors (Lipinski definition) is 1. The Labute approximate surface area is 121 Å². The van der Waals surface area contributed by atoms with E-state index in [0.29, 0.717) is 5.84 Å². The third-order valence-corrected chi connectivity index (χ3v) is 3.52. The number of ether oxygens (including phenoxy) is 1. The predicted octanol–water partition coefficient (Wildman–Crippen LogP) is 2.28. The largest absolute Gasteiger partial charge is 0.494 e. The minimum absolute atomic E-state index is 0.617. The van der Waals surface area contributed by atoms with Gasteiger partial charge in [-0.05, 0) is 56.6 Å². The number of likely N-dealkylation sites (tertiary alicyclic amines) is 1. The van der Waals surface area contributed by atoms with Crippen LogP contribution in [0.3, 0.4) is 0 Å². The second-order valence-electron chi connectivity index (χ2n) is 5.19. The summed E-state index contributed by atoms with van der Waals surface area (Å²) in [6.07, 6.45) is 3.65. The van der Waals surface area contributed by atoms with Crippen molar-refractivity contribution in [2.24, 2.45) is 10.7 Å². The molecule has 0 unspecified atom stereocenters. The van der Waals surface area contributed by atoms with Crippen molar-refractivity contribution in [2.75, 3.05) is 32.8 Å². The van der Waals surface area contributed by atoms with Gasteiger partial charge in [-0.2, -0.15) is 0 Å². The molecule has 4 heteroatoms. The fraction of sp³-hybridized carbons (Fsp3) is 0.562. The van der Waals surface area contributed by atoms with Gasteiger partial charge >= 0.3 is 0 Å². The van der Waals surface area contributed by atoms with Crippen molar-refractivity contribution in [1.29, 1.82) is 0 Å². The van der Waals surface area contributed by atoms with Gasteiger partial charge < -0.3 is 15.4 Å². The van der Waals surface area contributed by atoms with Gasteiger partial charge in [0, 0.05) is 12.1 Å². The zero-order valence-electron chi connectivity index (χ0n) is 12.3. The molecule has 1 aliphatic heterocycles. The van der Waals surface area contributed by atoms with Crippen LogP contribution in [0.5, 0.6) is 5.75 Å². The first-order valence-electron chi connectivity index (χ1n) is 7.55. The number of benzene rings is 1. The monoisotopic (exact) mass is 275 g/mol. The summed E-state index contributed by atoms with van der Waals surface area (Å²) in [7, 11) is 0. The molecule has 1 heterocycles. The van der Waals surface area contributed by atoms with Crippen molar-refractivity contribution < 1.29 is 4.74 Å². The van der Waals surface area contributed by atoms with Gasteiger partial charge in [-0.25, -0.2) is 0 Å². The first-order valence-corrected chi connectivity index (χ1v) is 7.55. The number of aliphatic imine (C=N–C) groups is 1. The van der Waals surface area contributed by atoms with Crippen LogP contribution >= 0.6 is 0 Å². The van der Waals surface area contributed by atoms with E-state index < -0.39 is 0 Å². The molecular weight excluding hydrogens is 250 g/mol. The average molecular weight is 275 g/mol. The molecule has 1 saturated heterocycles. The van der Waals surface area contributed by atoms with Gasteiger partial charge in [-0.1, -0.05) is 6.92 Å². The molecule has 0 spiro atoms. The standard InChI is InChI=1S/C16H25N3O/c1-2-13-20-15-7-5-14(6-8-15)16(17)18-9-12-19-10-3-4-11-19/h5-8H,2-4,9-13H2,1H3,(H2,17,18). The lowest BCUT2D eigenvalue weighted by Gasteiger charge is -2.12. The second kappa shape index (κ2) is 7.90. The highest BCUT2D eigenvalue weighted by Crippen LogP contribution is 2.12. The normalized spacial score (nSPS) is 16.6. The van der Waals surface area contributed by atoms with Gasteiger partial charge in [0.05, 0.1) is 13.2 Å². The van der Waals surface area contributed by atoms with Crippen LogP contribution in [0, 0.1) is 0 Å². The maximum Gasteiger partial charge on any atom is 0.125 e. The smallest absolute Gasteiger partial charge is 0.125 e. The highest BCUT2D eigenvalue weighted by Gasteiger charge is 2.10. The Hall–Kier alpha value is -1.55. The van der Waals surface area contributed by atoms with E-state index in [1.54, 1.807) is 0 Å². The molecule has 1 aromatic carbocycles. The molecule has 0 amide bonds. The van der Waals surface area contributed by atoms with Crippen molar-refractivity contribution in [1.82, 2.24) is 4.90 Å². The fourth-order valence-electron chi connectivity index (χ4n) is 2.35. The highest BCUT2D eigenvalue weighted by atomic mass is 16.5. The second-order valence-corrected chi connectivity index (χ2v) is 5.19. The van der Waals surface area contributed by atoms with E-state index in [9.17, 15) is 0 Å². The van der Waals surface area contributed by atoms with Gasteiger partial charge in [0.15, 0.2) is 0 Å². The average Bonchev–Trinajstić information content (AvgIpc) is 2.99. The van der Waals surface area contributed by atoms with E-state index in [1.165, 1.54) is 25.9 Å². The van der Waals surface area contributed by atoms with Crippen LogP contribution in [0.4, 0.5) is 0 Å². The topological polar surface area (TPSA) is 50.9 Å². The van der Waals surface area contributed by atoms with E-state index in [1.807, 2.05) is 24.3 Å². The molecular formula is C16H25N3O. The SMILES string of the molecule is CCCOc1ccc(C(N)=NCCN2CCCC2)cc1. The quantitative estimate of drug-likeness (QED) is 0.613. The van der Waals surface area contributed by atoms with Crippen LogP contribution in [-0.2, 0) is 0 Å². The summed E-state index contributed by atoms with van der Waals surface area (Å²) in [5.41, 5.74) is 6.99. The number of amidine groups is 1. The summed E-state index contributed by atoms with van der Waals surface area (Å²) in [5, 5.41) is 0. The molecule has 2 N–H and O–H groups in total. The molecule has 0 aromatic heterocycles. The van der Waals surface area contributed by atoms with Gasteiger partial charge in [-0.15, -0.1) is 0 Å². The molecule has 0 bridgehead atoms. The Bertz CT molecular complexity index is 422. The number of nitrogens with two attached hydrogens (primary N) is 1. The van der Waals surface area contributed by atoms with Gasteiger partial charge in [0.25, 0.3) is 0 Å². The van der Waals surface area contributed by atoms with Crippen molar-refractivity contribution in [3.05, 3.63) is 29.8 Å². The zero-order chi connectivity index (χ0) is 14.2. The van der Waals surface area contributed by atoms with E-state index in [-0.39, 0.29) is 0 Å².